The molecule has 2 nitrogen and oxygen atoms in total. The first-order chi connectivity index (χ1) is 31.7. The summed E-state index contributed by atoms with van der Waals surface area (Å²) in [5.41, 5.74) is 15.4. The summed E-state index contributed by atoms with van der Waals surface area (Å²) >= 11 is 0. The Balaban J connectivity index is 1.42. The molecule has 11 rings (SSSR count). The molecule has 0 radical (unpaired) electrons. The molecule has 0 N–H and O–H groups in total. The first kappa shape index (κ1) is 38.5. The molecule has 10 aromatic rings. The lowest BCUT2D eigenvalue weighted by Gasteiger charge is -2.33. The molecule has 300 valence electrons. The van der Waals surface area contributed by atoms with Crippen LogP contribution in [0.15, 0.2) is 243 Å². The Morgan fingerprint density at radius 1 is 0.141 bits per heavy atom. The van der Waals surface area contributed by atoms with E-state index in [1.54, 1.807) is 0 Å². The van der Waals surface area contributed by atoms with Gasteiger partial charge >= 0.3 is 0 Å². The van der Waals surface area contributed by atoms with Crippen LogP contribution in [0.4, 0.5) is 0 Å². The highest BCUT2D eigenvalue weighted by molar-refractivity contribution is 6.39. The van der Waals surface area contributed by atoms with Crippen LogP contribution < -0.4 is 0 Å². The smallest absolute Gasteiger partial charge is 0.195 e. The van der Waals surface area contributed by atoms with Gasteiger partial charge in [0.25, 0.3) is 0 Å². The molecule has 0 bridgehead atoms. The lowest BCUT2D eigenvalue weighted by atomic mass is 9.67. The molecule has 0 atom stereocenters. The highest BCUT2D eigenvalue weighted by atomic mass is 16.1. The van der Waals surface area contributed by atoms with E-state index >= 15 is 9.59 Å². The van der Waals surface area contributed by atoms with Gasteiger partial charge in [-0.25, -0.2) is 0 Å². The normalized spacial score (nSPS) is 11.8. The van der Waals surface area contributed by atoms with Gasteiger partial charge in [-0.3, -0.25) is 9.59 Å². The van der Waals surface area contributed by atoms with Gasteiger partial charge in [-0.15, -0.1) is 0 Å². The topological polar surface area (TPSA) is 34.1 Å². The average Bonchev–Trinajstić information content (AvgIpc) is 3.38. The van der Waals surface area contributed by atoms with E-state index in [1.165, 1.54) is 0 Å². The minimum atomic E-state index is -0.190. The monoisotopic (exact) mass is 816 g/mol. The molecule has 0 spiro atoms. The fourth-order valence-electron chi connectivity index (χ4n) is 9.81. The van der Waals surface area contributed by atoms with Crippen LogP contribution in [-0.2, 0) is 0 Å². The van der Waals surface area contributed by atoms with Crippen LogP contribution in [0, 0.1) is 0 Å². The lowest BCUT2D eigenvalue weighted by molar-refractivity contribution is 0.0981. The molecule has 0 fully saturated rings. The van der Waals surface area contributed by atoms with Gasteiger partial charge in [0.2, 0.25) is 0 Å². The zero-order valence-corrected chi connectivity index (χ0v) is 34.9. The van der Waals surface area contributed by atoms with Crippen molar-refractivity contribution in [2.45, 2.75) is 0 Å². The van der Waals surface area contributed by atoms with Crippen LogP contribution in [0.3, 0.4) is 0 Å². The molecule has 0 amide bonds. The molecule has 0 saturated carbocycles. The van der Waals surface area contributed by atoms with Crippen molar-refractivity contribution in [2.75, 3.05) is 0 Å². The highest BCUT2D eigenvalue weighted by Gasteiger charge is 2.43. The average molecular weight is 817 g/mol. The van der Waals surface area contributed by atoms with Crippen molar-refractivity contribution < 1.29 is 9.59 Å². The molecule has 64 heavy (non-hydrogen) atoms. The molecule has 1 aliphatic rings. The molecule has 2 heteroatoms. The number of ketones is 2. The minimum Gasteiger partial charge on any atom is -0.289 e. The first-order valence-electron chi connectivity index (χ1n) is 21.7. The van der Waals surface area contributed by atoms with Crippen LogP contribution in [0.2, 0.25) is 0 Å². The zero-order valence-electron chi connectivity index (χ0n) is 34.9. The van der Waals surface area contributed by atoms with E-state index in [2.05, 4.69) is 97.1 Å². The maximum atomic E-state index is 16.9. The number of hydrogen-bond donors (Lipinski definition) is 0. The molecule has 0 aromatic heterocycles. The van der Waals surface area contributed by atoms with Crippen molar-refractivity contribution in [3.05, 3.63) is 265 Å². The Hall–Kier alpha value is -8.46. The van der Waals surface area contributed by atoms with Crippen molar-refractivity contribution in [3.8, 4) is 89.0 Å². The van der Waals surface area contributed by atoms with Gasteiger partial charge in [-0.1, -0.05) is 243 Å². The summed E-state index contributed by atoms with van der Waals surface area (Å²) in [6.45, 7) is 0. The number of benzene rings is 10. The van der Waals surface area contributed by atoms with Gasteiger partial charge in [0.05, 0.1) is 0 Å². The summed E-state index contributed by atoms with van der Waals surface area (Å²) in [6.07, 6.45) is 0. The second kappa shape index (κ2) is 16.4. The third kappa shape index (κ3) is 6.44. The fourth-order valence-corrected chi connectivity index (χ4v) is 9.81. The molecule has 10 aromatic carbocycles. The molecule has 0 unspecified atom stereocenters. The summed E-state index contributed by atoms with van der Waals surface area (Å²) in [4.78, 5) is 33.8. The van der Waals surface area contributed by atoms with Crippen molar-refractivity contribution in [1.82, 2.24) is 0 Å². The van der Waals surface area contributed by atoms with Crippen LogP contribution in [0.5, 0.6) is 0 Å². The second-order valence-corrected chi connectivity index (χ2v) is 16.1. The van der Waals surface area contributed by atoms with E-state index < -0.39 is 0 Å². The minimum absolute atomic E-state index is 0.190. The van der Waals surface area contributed by atoms with E-state index in [0.29, 0.717) is 22.3 Å². The predicted molar refractivity (Wildman–Crippen MR) is 263 cm³/mol. The summed E-state index contributed by atoms with van der Waals surface area (Å²) in [5.74, 6) is -0.379. The van der Waals surface area contributed by atoms with Crippen LogP contribution in [0.25, 0.3) is 89.0 Å². The maximum absolute atomic E-state index is 16.9. The number of fused-ring (bicyclic) bond motifs is 2. The summed E-state index contributed by atoms with van der Waals surface area (Å²) in [6, 6.07) is 81.8. The second-order valence-electron chi connectivity index (χ2n) is 16.1. The molecular formula is C62H40O2. The van der Waals surface area contributed by atoms with Gasteiger partial charge in [-0.2, -0.15) is 0 Å². The zero-order chi connectivity index (χ0) is 43.0. The van der Waals surface area contributed by atoms with Crippen molar-refractivity contribution in [2.24, 2.45) is 0 Å². The van der Waals surface area contributed by atoms with Crippen molar-refractivity contribution in [1.29, 1.82) is 0 Å². The van der Waals surface area contributed by atoms with Crippen LogP contribution >= 0.6 is 0 Å². The van der Waals surface area contributed by atoms with Crippen molar-refractivity contribution in [3.63, 3.8) is 0 Å². The standard InChI is InChI=1S/C62H40O2/c63-61-57-53(45-33-17-5-18-34-45)49(41-25-9-1-10-26-41)50(42-27-11-2-12-28-42)54(46-35-19-6-20-36-46)58(57)62(64)60-56(48-39-23-8-24-40-48)52(44-31-15-4-16-32-44)51(43-29-13-3-14-30-43)55(59(60)61)47-37-21-7-22-38-47/h1-40H. The Kier molecular flexibility index (Phi) is 9.88. The van der Waals surface area contributed by atoms with E-state index in [1.807, 2.05) is 146 Å². The number of rotatable bonds is 8. The maximum Gasteiger partial charge on any atom is 0.195 e. The largest absolute Gasteiger partial charge is 0.289 e. The van der Waals surface area contributed by atoms with Gasteiger partial charge in [0.1, 0.15) is 0 Å². The molecular weight excluding hydrogens is 777 g/mol. The fraction of sp³-hybridized carbons (Fsp3) is 0. The van der Waals surface area contributed by atoms with Gasteiger partial charge in [0, 0.05) is 44.5 Å². The molecule has 0 aliphatic heterocycles. The Labute approximate surface area is 373 Å². The van der Waals surface area contributed by atoms with E-state index in [0.717, 1.165) is 89.0 Å². The first-order valence-corrected chi connectivity index (χ1v) is 21.7. The predicted octanol–water partition coefficient (Wildman–Crippen LogP) is 15.8. The van der Waals surface area contributed by atoms with Crippen LogP contribution in [-0.4, -0.2) is 11.6 Å². The molecule has 1 aliphatic carbocycles. The third-order valence-corrected chi connectivity index (χ3v) is 12.4. The van der Waals surface area contributed by atoms with Gasteiger partial charge in [0.15, 0.2) is 11.6 Å². The van der Waals surface area contributed by atoms with E-state index in [9.17, 15) is 0 Å². The van der Waals surface area contributed by atoms with Crippen LogP contribution in [0.1, 0.15) is 31.8 Å². The Morgan fingerprint density at radius 2 is 0.250 bits per heavy atom. The summed E-state index contributed by atoms with van der Waals surface area (Å²) < 4.78 is 0. The van der Waals surface area contributed by atoms with Gasteiger partial charge in [-0.05, 0) is 66.8 Å². The SMILES string of the molecule is O=C1c2c(c(-c3ccccc3)c(-c3ccccc3)c(-c3ccccc3)c2-c2ccccc2)C(=O)c2c1c(-c1ccccc1)c(-c1ccccc1)c(-c1ccccc1)c2-c1ccccc1. The number of carbonyl (C=O) groups is 2. The lowest BCUT2D eigenvalue weighted by Crippen LogP contribution is -2.26. The molecule has 0 heterocycles. The number of carbonyl (C=O) groups excluding carboxylic acids is 2. The highest BCUT2D eigenvalue weighted by Crippen LogP contribution is 2.57. The van der Waals surface area contributed by atoms with E-state index in [-0.39, 0.29) is 11.6 Å². The summed E-state index contributed by atoms with van der Waals surface area (Å²) in [7, 11) is 0. The quantitative estimate of drug-likeness (QED) is 0.153. The van der Waals surface area contributed by atoms with Gasteiger partial charge < -0.3 is 0 Å². The third-order valence-electron chi connectivity index (χ3n) is 12.4. The summed E-state index contributed by atoms with van der Waals surface area (Å²) in [5, 5.41) is 0. The number of hydrogen-bond acceptors (Lipinski definition) is 2. The Morgan fingerprint density at radius 3 is 0.375 bits per heavy atom. The molecule has 0 saturated heterocycles. The van der Waals surface area contributed by atoms with Crippen molar-refractivity contribution >= 4 is 11.6 Å². The Bertz CT molecular complexity index is 2880. The van der Waals surface area contributed by atoms with E-state index in [4.69, 9.17) is 0 Å².